The molecule has 0 bridgehead atoms. The van der Waals surface area contributed by atoms with E-state index in [1.165, 1.54) is 19.1 Å². The number of rotatable bonds is 7. The molecule has 1 unspecified atom stereocenters. The number of carbonyl (C=O) groups is 2. The zero-order valence-electron chi connectivity index (χ0n) is 15.5. The van der Waals surface area contributed by atoms with Crippen LogP contribution in [0.15, 0.2) is 18.2 Å². The van der Waals surface area contributed by atoms with Gasteiger partial charge in [-0.15, -0.1) is 0 Å². The molecule has 9 nitrogen and oxygen atoms in total. The lowest BCUT2D eigenvalue weighted by molar-refractivity contribution is -0.384. The summed E-state index contributed by atoms with van der Waals surface area (Å²) in [6.07, 6.45) is 0.829. The van der Waals surface area contributed by atoms with Crippen molar-refractivity contribution >= 4 is 23.3 Å². The van der Waals surface area contributed by atoms with E-state index in [0.717, 1.165) is 18.9 Å². The maximum absolute atomic E-state index is 12.5. The van der Waals surface area contributed by atoms with Gasteiger partial charge in [0.25, 0.3) is 11.6 Å². The Morgan fingerprint density at radius 3 is 2.67 bits per heavy atom. The van der Waals surface area contributed by atoms with Gasteiger partial charge in [0.05, 0.1) is 17.1 Å². The first-order valence-electron chi connectivity index (χ1n) is 8.96. The highest BCUT2D eigenvalue weighted by Crippen LogP contribution is 2.24. The van der Waals surface area contributed by atoms with Gasteiger partial charge in [-0.3, -0.25) is 14.9 Å². The number of benzene rings is 1. The Balaban J connectivity index is 2.11. The smallest absolute Gasteiger partial charge is 0.341 e. The summed E-state index contributed by atoms with van der Waals surface area (Å²) in [5, 5.41) is 22.8. The maximum atomic E-state index is 12.5. The molecule has 0 spiro atoms. The third kappa shape index (κ3) is 5.40. The van der Waals surface area contributed by atoms with E-state index in [4.69, 9.17) is 9.84 Å². The third-order valence-corrected chi connectivity index (χ3v) is 4.59. The van der Waals surface area contributed by atoms with Gasteiger partial charge in [-0.1, -0.05) is 6.92 Å². The Morgan fingerprint density at radius 2 is 2.07 bits per heavy atom. The van der Waals surface area contributed by atoms with Gasteiger partial charge in [0, 0.05) is 37.5 Å². The van der Waals surface area contributed by atoms with Crippen LogP contribution in [0, 0.1) is 16.0 Å². The van der Waals surface area contributed by atoms with Crippen molar-refractivity contribution in [1.29, 1.82) is 0 Å². The predicted molar refractivity (Wildman–Crippen MR) is 98.5 cm³/mol. The zero-order valence-corrected chi connectivity index (χ0v) is 15.5. The molecule has 0 aliphatic carbocycles. The van der Waals surface area contributed by atoms with Crippen molar-refractivity contribution in [3.05, 3.63) is 33.9 Å². The van der Waals surface area contributed by atoms with Crippen LogP contribution in [0.5, 0.6) is 0 Å². The number of aliphatic hydroxyl groups excluding tert-OH is 1. The molecule has 1 fully saturated rings. The topological polar surface area (TPSA) is 122 Å². The second-order valence-corrected chi connectivity index (χ2v) is 6.69. The largest absolute Gasteiger partial charge is 0.449 e. The number of amides is 1. The minimum atomic E-state index is -0.990. The molecule has 1 aromatic rings. The number of hydrogen-bond donors (Lipinski definition) is 2. The van der Waals surface area contributed by atoms with Crippen molar-refractivity contribution in [2.45, 2.75) is 32.8 Å². The highest BCUT2D eigenvalue weighted by molar-refractivity contribution is 5.98. The second-order valence-electron chi connectivity index (χ2n) is 6.69. The molecule has 2 rings (SSSR count). The molecule has 1 heterocycles. The van der Waals surface area contributed by atoms with Crippen molar-refractivity contribution in [2.75, 3.05) is 31.6 Å². The fourth-order valence-corrected chi connectivity index (χ4v) is 2.92. The number of nitro benzene ring substituents is 1. The fourth-order valence-electron chi connectivity index (χ4n) is 2.92. The van der Waals surface area contributed by atoms with Crippen molar-refractivity contribution < 1.29 is 24.4 Å². The number of esters is 1. The number of anilines is 1. The van der Waals surface area contributed by atoms with Gasteiger partial charge in [0.15, 0.2) is 6.10 Å². The summed E-state index contributed by atoms with van der Waals surface area (Å²) >= 11 is 0. The summed E-state index contributed by atoms with van der Waals surface area (Å²) in [5.41, 5.74) is -0.0174. The Morgan fingerprint density at radius 1 is 1.41 bits per heavy atom. The molecule has 0 radical (unpaired) electrons. The molecule has 1 atom stereocenters. The number of nitrogens with one attached hydrogen (secondary N) is 1. The van der Waals surface area contributed by atoms with E-state index >= 15 is 0 Å². The van der Waals surface area contributed by atoms with Crippen LogP contribution in [0.4, 0.5) is 11.4 Å². The summed E-state index contributed by atoms with van der Waals surface area (Å²) in [7, 11) is 0. The molecule has 0 aromatic heterocycles. The van der Waals surface area contributed by atoms with E-state index in [1.54, 1.807) is 4.90 Å². The van der Waals surface area contributed by atoms with Gasteiger partial charge >= 0.3 is 5.97 Å². The van der Waals surface area contributed by atoms with E-state index in [-0.39, 0.29) is 30.3 Å². The molecule has 2 N–H and O–H groups in total. The zero-order chi connectivity index (χ0) is 20.0. The van der Waals surface area contributed by atoms with Crippen LogP contribution < -0.4 is 5.32 Å². The number of likely N-dealkylation sites (tertiary alicyclic amines) is 1. The molecule has 1 saturated heterocycles. The first kappa shape index (κ1) is 20.6. The summed E-state index contributed by atoms with van der Waals surface area (Å²) in [6.45, 7) is 4.88. The molecular weight excluding hydrogens is 354 g/mol. The SMILES string of the molecule is CC1CCN(C(=O)C(C)OC(=O)c2cc([N+](=O)[O-])ccc2NCCO)CC1. The van der Waals surface area contributed by atoms with Gasteiger partial charge < -0.3 is 20.1 Å². The van der Waals surface area contributed by atoms with Crippen molar-refractivity contribution in [2.24, 2.45) is 5.92 Å². The lowest BCUT2D eigenvalue weighted by Crippen LogP contribution is -2.44. The summed E-state index contributed by atoms with van der Waals surface area (Å²) in [4.78, 5) is 37.1. The Hall–Kier alpha value is -2.68. The lowest BCUT2D eigenvalue weighted by atomic mass is 9.99. The number of aliphatic hydroxyl groups is 1. The average Bonchev–Trinajstić information content (AvgIpc) is 2.66. The summed E-state index contributed by atoms with van der Waals surface area (Å²) in [5.74, 6) is -0.534. The van der Waals surface area contributed by atoms with Gasteiger partial charge in [-0.2, -0.15) is 0 Å². The average molecular weight is 379 g/mol. The van der Waals surface area contributed by atoms with E-state index in [1.807, 2.05) is 0 Å². The Bertz CT molecular complexity index is 700. The predicted octanol–water partition coefficient (Wildman–Crippen LogP) is 1.80. The van der Waals surface area contributed by atoms with Crippen LogP contribution >= 0.6 is 0 Å². The number of ether oxygens (including phenoxy) is 1. The first-order chi connectivity index (χ1) is 12.8. The van der Waals surface area contributed by atoms with Gasteiger partial charge in [-0.25, -0.2) is 4.79 Å². The molecule has 0 saturated carbocycles. The lowest BCUT2D eigenvalue weighted by Gasteiger charge is -2.31. The number of hydrogen-bond acceptors (Lipinski definition) is 7. The van der Waals surface area contributed by atoms with Crippen molar-refractivity contribution in [3.63, 3.8) is 0 Å². The molecule has 1 aliphatic rings. The second kappa shape index (κ2) is 9.31. The normalized spacial score (nSPS) is 15.9. The van der Waals surface area contributed by atoms with Gasteiger partial charge in [0.1, 0.15) is 0 Å². The quantitative estimate of drug-likeness (QED) is 0.421. The van der Waals surface area contributed by atoms with Crippen LogP contribution in [0.25, 0.3) is 0 Å². The fraction of sp³-hybridized carbons (Fsp3) is 0.556. The number of nitrogens with zero attached hydrogens (tertiary/aromatic N) is 2. The van der Waals surface area contributed by atoms with E-state index < -0.39 is 17.0 Å². The highest BCUT2D eigenvalue weighted by Gasteiger charge is 2.28. The van der Waals surface area contributed by atoms with E-state index in [9.17, 15) is 19.7 Å². The number of carbonyl (C=O) groups excluding carboxylic acids is 2. The van der Waals surface area contributed by atoms with Gasteiger partial charge in [0.2, 0.25) is 0 Å². The van der Waals surface area contributed by atoms with Crippen LogP contribution in [0.3, 0.4) is 0 Å². The van der Waals surface area contributed by atoms with E-state index in [2.05, 4.69) is 12.2 Å². The third-order valence-electron chi connectivity index (χ3n) is 4.59. The van der Waals surface area contributed by atoms with Crippen molar-refractivity contribution in [3.8, 4) is 0 Å². The molecular formula is C18H25N3O6. The Labute approximate surface area is 157 Å². The molecule has 1 amide bonds. The first-order valence-corrected chi connectivity index (χ1v) is 8.96. The molecule has 1 aliphatic heterocycles. The van der Waals surface area contributed by atoms with E-state index in [0.29, 0.717) is 24.7 Å². The van der Waals surface area contributed by atoms with Crippen LogP contribution in [-0.2, 0) is 9.53 Å². The maximum Gasteiger partial charge on any atom is 0.341 e. The number of non-ortho nitro benzene ring substituents is 1. The summed E-state index contributed by atoms with van der Waals surface area (Å²) < 4.78 is 5.28. The minimum Gasteiger partial charge on any atom is -0.449 e. The molecule has 148 valence electrons. The minimum absolute atomic E-state index is 0.0513. The molecule has 27 heavy (non-hydrogen) atoms. The highest BCUT2D eigenvalue weighted by atomic mass is 16.6. The van der Waals surface area contributed by atoms with Crippen LogP contribution in [-0.4, -0.2) is 59.2 Å². The van der Waals surface area contributed by atoms with Crippen LogP contribution in [0.2, 0.25) is 0 Å². The summed E-state index contributed by atoms with van der Waals surface area (Å²) in [6, 6.07) is 3.73. The number of piperidine rings is 1. The van der Waals surface area contributed by atoms with Gasteiger partial charge in [-0.05, 0) is 31.7 Å². The Kier molecular flexibility index (Phi) is 7.12. The molecule has 1 aromatic carbocycles. The molecule has 9 heteroatoms. The van der Waals surface area contributed by atoms with Crippen LogP contribution in [0.1, 0.15) is 37.0 Å². The number of nitro groups is 1. The standard InChI is InChI=1S/C18H25N3O6/c1-12-5-8-20(9-6-12)17(23)13(2)27-18(24)15-11-14(21(25)26)3-4-16(15)19-7-10-22/h3-4,11-13,19,22H,5-10H2,1-2H3. The van der Waals surface area contributed by atoms with Crippen molar-refractivity contribution in [1.82, 2.24) is 4.90 Å². The monoisotopic (exact) mass is 379 g/mol.